The van der Waals surface area contributed by atoms with E-state index in [1.165, 1.54) is 0 Å². The highest BCUT2D eigenvalue weighted by Gasteiger charge is 2.42. The minimum absolute atomic E-state index is 0.416. The summed E-state index contributed by atoms with van der Waals surface area (Å²) in [4.78, 5) is 0.416. The predicted molar refractivity (Wildman–Crippen MR) is 90.5 cm³/mol. The van der Waals surface area contributed by atoms with Gasteiger partial charge in [-0.05, 0) is 36.6 Å². The van der Waals surface area contributed by atoms with E-state index in [0.29, 0.717) is 29.8 Å². The van der Waals surface area contributed by atoms with Gasteiger partial charge in [-0.15, -0.1) is 0 Å². The van der Waals surface area contributed by atoms with E-state index in [0.717, 1.165) is 24.2 Å². The Morgan fingerprint density at radius 2 is 1.48 bits per heavy atom. The molecule has 2 heterocycles. The molecule has 5 heteroatoms. The van der Waals surface area contributed by atoms with Gasteiger partial charge in [-0.2, -0.15) is 4.31 Å². The summed E-state index contributed by atoms with van der Waals surface area (Å²) in [7, 11) is -3.45. The Kier molecular flexibility index (Phi) is 3.71. The van der Waals surface area contributed by atoms with Crippen LogP contribution < -0.4 is 5.32 Å². The first kappa shape index (κ1) is 14.9. The van der Waals surface area contributed by atoms with Gasteiger partial charge in [-0.3, -0.25) is 0 Å². The summed E-state index contributed by atoms with van der Waals surface area (Å²) in [6.45, 7) is 3.11. The van der Waals surface area contributed by atoms with Crippen LogP contribution in [-0.2, 0) is 10.0 Å². The molecule has 0 saturated carbocycles. The Morgan fingerprint density at radius 3 is 2.17 bits per heavy atom. The minimum Gasteiger partial charge on any atom is -0.316 e. The molecule has 2 aliphatic rings. The maximum Gasteiger partial charge on any atom is 0.243 e. The molecule has 120 valence electrons. The lowest BCUT2D eigenvalue weighted by Crippen LogP contribution is -2.32. The van der Waals surface area contributed by atoms with E-state index < -0.39 is 10.0 Å². The Balaban J connectivity index is 1.73. The molecule has 4 nitrogen and oxygen atoms in total. The molecule has 2 saturated heterocycles. The first-order valence-electron chi connectivity index (χ1n) is 8.01. The second-order valence-electron chi connectivity index (χ2n) is 6.36. The van der Waals surface area contributed by atoms with Gasteiger partial charge in [0.15, 0.2) is 0 Å². The van der Waals surface area contributed by atoms with Crippen molar-refractivity contribution in [3.05, 3.63) is 54.6 Å². The predicted octanol–water partition coefficient (Wildman–Crippen LogP) is 2.19. The van der Waals surface area contributed by atoms with Crippen molar-refractivity contribution in [3.8, 4) is 11.1 Å². The lowest BCUT2D eigenvalue weighted by atomic mass is 10.0. The average Bonchev–Trinajstić information content (AvgIpc) is 3.18. The van der Waals surface area contributed by atoms with Crippen LogP contribution in [0.5, 0.6) is 0 Å². The van der Waals surface area contributed by atoms with Gasteiger partial charge in [0.05, 0.1) is 4.90 Å². The quantitative estimate of drug-likeness (QED) is 0.940. The molecule has 0 aliphatic carbocycles. The summed E-state index contributed by atoms with van der Waals surface area (Å²) >= 11 is 0. The minimum atomic E-state index is -3.45. The van der Waals surface area contributed by atoms with Crippen molar-refractivity contribution < 1.29 is 8.42 Å². The molecule has 2 fully saturated rings. The van der Waals surface area contributed by atoms with Crippen molar-refractivity contribution in [3.63, 3.8) is 0 Å². The molecular weight excluding hydrogens is 308 g/mol. The largest absolute Gasteiger partial charge is 0.316 e. The molecule has 0 radical (unpaired) electrons. The molecule has 0 amide bonds. The van der Waals surface area contributed by atoms with E-state index >= 15 is 0 Å². The van der Waals surface area contributed by atoms with Crippen LogP contribution in [0, 0.1) is 11.8 Å². The van der Waals surface area contributed by atoms with Gasteiger partial charge in [0.25, 0.3) is 0 Å². The number of fused-ring (bicyclic) bond motifs is 1. The van der Waals surface area contributed by atoms with Crippen molar-refractivity contribution in [2.24, 2.45) is 11.8 Å². The molecular formula is C18H20N2O2S. The van der Waals surface area contributed by atoms with Gasteiger partial charge in [0, 0.05) is 18.7 Å². The van der Waals surface area contributed by atoms with Crippen molar-refractivity contribution in [2.45, 2.75) is 4.90 Å². The van der Waals surface area contributed by atoms with Gasteiger partial charge in [0.2, 0.25) is 10.0 Å². The van der Waals surface area contributed by atoms with Crippen molar-refractivity contribution >= 4 is 10.0 Å². The third-order valence-electron chi connectivity index (χ3n) is 4.95. The van der Waals surface area contributed by atoms with Gasteiger partial charge < -0.3 is 5.32 Å². The summed E-state index contributed by atoms with van der Waals surface area (Å²) in [5.41, 5.74) is 1.72. The molecule has 2 unspecified atom stereocenters. The first-order chi connectivity index (χ1) is 11.2. The summed E-state index contributed by atoms with van der Waals surface area (Å²) in [5, 5.41) is 3.35. The molecule has 1 N–H and O–H groups in total. The van der Waals surface area contributed by atoms with E-state index in [4.69, 9.17) is 0 Å². The van der Waals surface area contributed by atoms with E-state index in [1.54, 1.807) is 16.4 Å². The SMILES string of the molecule is O=S(=O)(c1ccccc1-c1ccccc1)N1CC2CNCC2C1. The Hall–Kier alpha value is -1.69. The topological polar surface area (TPSA) is 49.4 Å². The van der Waals surface area contributed by atoms with Crippen LogP contribution in [0.25, 0.3) is 11.1 Å². The fraction of sp³-hybridized carbons (Fsp3) is 0.333. The van der Waals surface area contributed by atoms with Gasteiger partial charge >= 0.3 is 0 Å². The second-order valence-corrected chi connectivity index (χ2v) is 8.27. The average molecular weight is 328 g/mol. The normalized spacial score (nSPS) is 24.7. The number of rotatable bonds is 3. The van der Waals surface area contributed by atoms with Crippen LogP contribution in [-0.4, -0.2) is 38.9 Å². The Bertz CT molecular complexity index is 793. The van der Waals surface area contributed by atoms with Gasteiger partial charge in [-0.1, -0.05) is 48.5 Å². The number of nitrogens with zero attached hydrogens (tertiary/aromatic N) is 1. The molecule has 4 rings (SSSR count). The second kappa shape index (κ2) is 5.74. The van der Waals surface area contributed by atoms with E-state index in [2.05, 4.69) is 5.32 Å². The maximum atomic E-state index is 13.2. The summed E-state index contributed by atoms with van der Waals surface area (Å²) in [5.74, 6) is 0.905. The Labute approximate surface area is 137 Å². The van der Waals surface area contributed by atoms with Crippen molar-refractivity contribution in [1.82, 2.24) is 9.62 Å². The third-order valence-corrected chi connectivity index (χ3v) is 6.84. The lowest BCUT2D eigenvalue weighted by Gasteiger charge is -2.19. The molecule has 0 aromatic heterocycles. The highest BCUT2D eigenvalue weighted by molar-refractivity contribution is 7.89. The highest BCUT2D eigenvalue weighted by atomic mass is 32.2. The number of benzene rings is 2. The van der Waals surface area contributed by atoms with E-state index in [9.17, 15) is 8.42 Å². The molecule has 2 aliphatic heterocycles. The fourth-order valence-electron chi connectivity index (χ4n) is 3.70. The number of hydrogen-bond acceptors (Lipinski definition) is 3. The lowest BCUT2D eigenvalue weighted by molar-refractivity contribution is 0.448. The smallest absolute Gasteiger partial charge is 0.243 e. The fourth-order valence-corrected chi connectivity index (χ4v) is 5.46. The van der Waals surface area contributed by atoms with E-state index in [1.807, 2.05) is 42.5 Å². The molecule has 0 spiro atoms. The zero-order valence-corrected chi connectivity index (χ0v) is 13.7. The van der Waals surface area contributed by atoms with Crippen LogP contribution in [0.1, 0.15) is 0 Å². The monoisotopic (exact) mass is 328 g/mol. The summed E-state index contributed by atoms with van der Waals surface area (Å²) in [6.07, 6.45) is 0. The number of sulfonamides is 1. The zero-order valence-electron chi connectivity index (χ0n) is 12.9. The molecule has 23 heavy (non-hydrogen) atoms. The number of nitrogens with one attached hydrogen (secondary N) is 1. The van der Waals surface area contributed by atoms with Crippen LogP contribution in [0.2, 0.25) is 0 Å². The summed E-state index contributed by atoms with van der Waals surface area (Å²) in [6, 6.07) is 17.0. The van der Waals surface area contributed by atoms with Gasteiger partial charge in [0.1, 0.15) is 0 Å². The zero-order chi connectivity index (χ0) is 15.9. The van der Waals surface area contributed by atoms with Crippen molar-refractivity contribution in [1.29, 1.82) is 0 Å². The van der Waals surface area contributed by atoms with Crippen LogP contribution >= 0.6 is 0 Å². The molecule has 2 atom stereocenters. The van der Waals surface area contributed by atoms with Gasteiger partial charge in [-0.25, -0.2) is 8.42 Å². The Morgan fingerprint density at radius 1 is 0.870 bits per heavy atom. The first-order valence-corrected chi connectivity index (χ1v) is 9.45. The molecule has 2 aromatic carbocycles. The third kappa shape index (κ3) is 2.59. The highest BCUT2D eigenvalue weighted by Crippen LogP contribution is 2.34. The van der Waals surface area contributed by atoms with Crippen LogP contribution in [0.4, 0.5) is 0 Å². The summed E-state index contributed by atoms with van der Waals surface area (Å²) < 4.78 is 28.0. The molecule has 2 aromatic rings. The number of hydrogen-bond donors (Lipinski definition) is 1. The van der Waals surface area contributed by atoms with Crippen LogP contribution in [0.15, 0.2) is 59.5 Å². The maximum absolute atomic E-state index is 13.2. The van der Waals surface area contributed by atoms with E-state index in [-0.39, 0.29) is 0 Å². The van der Waals surface area contributed by atoms with Crippen LogP contribution in [0.3, 0.4) is 0 Å². The standard InChI is InChI=1S/C18H20N2O2S/c21-23(22,20-12-15-10-19-11-16(15)13-20)18-9-5-4-8-17(18)14-6-2-1-3-7-14/h1-9,15-16,19H,10-13H2. The molecule has 0 bridgehead atoms. The van der Waals surface area contributed by atoms with Crippen molar-refractivity contribution in [2.75, 3.05) is 26.2 Å².